The molecule has 2 aromatic rings. The Labute approximate surface area is 178 Å². The van der Waals surface area contributed by atoms with Gasteiger partial charge in [0.05, 0.1) is 24.2 Å². The van der Waals surface area contributed by atoms with Crippen molar-refractivity contribution >= 4 is 21.6 Å². The van der Waals surface area contributed by atoms with Gasteiger partial charge < -0.3 is 10.1 Å². The maximum atomic E-state index is 12.8. The van der Waals surface area contributed by atoms with Gasteiger partial charge in [-0.2, -0.15) is 0 Å². The summed E-state index contributed by atoms with van der Waals surface area (Å²) in [5, 5.41) is 2.82. The molecule has 1 aliphatic carbocycles. The summed E-state index contributed by atoms with van der Waals surface area (Å²) in [7, 11) is 2.74. The second-order valence-electron chi connectivity index (χ2n) is 7.72. The topological polar surface area (TPSA) is 79.0 Å². The smallest absolute Gasteiger partial charge is 0.242 e. The minimum absolute atomic E-state index is 0.0955. The lowest BCUT2D eigenvalue weighted by atomic mass is 9.87. The van der Waals surface area contributed by atoms with E-state index in [0.717, 1.165) is 23.6 Å². The predicted molar refractivity (Wildman–Crippen MR) is 117 cm³/mol. The highest BCUT2D eigenvalue weighted by Crippen LogP contribution is 2.33. The number of sulfonamides is 1. The van der Waals surface area contributed by atoms with Crippen molar-refractivity contribution in [2.45, 2.75) is 30.2 Å². The number of benzene rings is 2. The van der Waals surface area contributed by atoms with Crippen LogP contribution in [0.2, 0.25) is 0 Å². The number of methoxy groups -OCH3 is 1. The number of aryl methyl sites for hydroxylation is 1. The fourth-order valence-electron chi connectivity index (χ4n) is 3.87. The zero-order valence-corrected chi connectivity index (χ0v) is 18.7. The van der Waals surface area contributed by atoms with Crippen molar-refractivity contribution in [2.75, 3.05) is 40.1 Å². The molecule has 0 aliphatic heterocycles. The van der Waals surface area contributed by atoms with E-state index in [0.29, 0.717) is 11.4 Å². The molecule has 0 bridgehead atoms. The van der Waals surface area contributed by atoms with Crippen molar-refractivity contribution in [2.24, 2.45) is 0 Å². The van der Waals surface area contributed by atoms with E-state index in [4.69, 9.17) is 4.74 Å². The van der Waals surface area contributed by atoms with Crippen LogP contribution in [-0.2, 0) is 21.2 Å². The zero-order valence-electron chi connectivity index (χ0n) is 17.9. The monoisotopic (exact) mass is 431 g/mol. The number of rotatable bonds is 7. The summed E-state index contributed by atoms with van der Waals surface area (Å²) in [4.78, 5) is 14.9. The van der Waals surface area contributed by atoms with Crippen molar-refractivity contribution in [1.82, 2.24) is 9.21 Å². The number of nitrogens with zero attached hydrogens (tertiary/aromatic N) is 2. The van der Waals surface area contributed by atoms with Crippen LogP contribution in [0.5, 0.6) is 5.75 Å². The highest BCUT2D eigenvalue weighted by Gasteiger charge is 2.25. The van der Waals surface area contributed by atoms with Gasteiger partial charge in [-0.1, -0.05) is 24.3 Å². The third kappa shape index (κ3) is 4.66. The van der Waals surface area contributed by atoms with Gasteiger partial charge in [-0.15, -0.1) is 0 Å². The molecular formula is C22H29N3O4S. The fourth-order valence-corrected chi connectivity index (χ4v) is 4.80. The summed E-state index contributed by atoms with van der Waals surface area (Å²) in [6.45, 7) is 0.187. The van der Waals surface area contributed by atoms with Crippen LogP contribution in [0.3, 0.4) is 0 Å². The van der Waals surface area contributed by atoms with Crippen LogP contribution < -0.4 is 10.1 Å². The molecule has 1 unspecified atom stereocenters. The van der Waals surface area contributed by atoms with Crippen LogP contribution in [0.4, 0.5) is 5.69 Å². The molecule has 0 heterocycles. The molecule has 8 heteroatoms. The molecule has 0 saturated carbocycles. The third-order valence-corrected chi connectivity index (χ3v) is 7.30. The van der Waals surface area contributed by atoms with E-state index in [1.165, 1.54) is 44.5 Å². The van der Waals surface area contributed by atoms with E-state index in [1.807, 2.05) is 18.0 Å². The average molecular weight is 432 g/mol. The van der Waals surface area contributed by atoms with Gasteiger partial charge >= 0.3 is 0 Å². The van der Waals surface area contributed by atoms with Crippen LogP contribution in [0, 0.1) is 0 Å². The van der Waals surface area contributed by atoms with Gasteiger partial charge in [0.1, 0.15) is 5.75 Å². The summed E-state index contributed by atoms with van der Waals surface area (Å²) in [6.07, 6.45) is 3.16. The summed E-state index contributed by atoms with van der Waals surface area (Å²) < 4.78 is 31.3. The summed E-state index contributed by atoms with van der Waals surface area (Å²) >= 11 is 0. The molecule has 0 radical (unpaired) electrons. The largest absolute Gasteiger partial charge is 0.495 e. The molecular weight excluding hydrogens is 402 g/mol. The predicted octanol–water partition coefficient (Wildman–Crippen LogP) is 2.89. The van der Waals surface area contributed by atoms with Crippen LogP contribution in [-0.4, -0.2) is 58.3 Å². The lowest BCUT2D eigenvalue weighted by molar-refractivity contribution is -0.117. The van der Waals surface area contributed by atoms with E-state index in [2.05, 4.69) is 23.5 Å². The third-order valence-electron chi connectivity index (χ3n) is 5.49. The van der Waals surface area contributed by atoms with Crippen molar-refractivity contribution in [1.29, 1.82) is 0 Å². The quantitative estimate of drug-likeness (QED) is 0.729. The SMILES string of the molecule is COc1ccc(S(=O)(=O)N(C)C)cc1NC(=O)CN(C)C1CCCc2ccccc21. The Bertz CT molecular complexity index is 1020. The van der Waals surface area contributed by atoms with Crippen molar-refractivity contribution < 1.29 is 17.9 Å². The molecule has 1 N–H and O–H groups in total. The standard InChI is InChI=1S/C22H29N3O4S/c1-24(2)30(27,28)17-12-13-21(29-4)19(14-17)23-22(26)15-25(3)20-11-7-9-16-8-5-6-10-18(16)20/h5-6,8,10,12-14,20H,7,9,11,15H2,1-4H3,(H,23,26). The Kier molecular flexibility index (Phi) is 6.80. The summed E-state index contributed by atoms with van der Waals surface area (Å²) in [5.41, 5.74) is 2.95. The first-order valence-corrected chi connectivity index (χ1v) is 11.4. The Morgan fingerprint density at radius 3 is 2.60 bits per heavy atom. The van der Waals surface area contributed by atoms with Gasteiger partial charge in [0.25, 0.3) is 0 Å². The van der Waals surface area contributed by atoms with Gasteiger partial charge in [-0.3, -0.25) is 9.69 Å². The first-order valence-electron chi connectivity index (χ1n) is 9.92. The lowest BCUT2D eigenvalue weighted by Crippen LogP contribution is -2.35. The van der Waals surface area contributed by atoms with Gasteiger partial charge in [-0.05, 0) is 55.6 Å². The maximum Gasteiger partial charge on any atom is 0.242 e. The van der Waals surface area contributed by atoms with Gasteiger partial charge in [0, 0.05) is 20.1 Å². The first kappa shape index (κ1) is 22.3. The Hall–Kier alpha value is -2.42. The molecule has 3 rings (SSSR count). The number of likely N-dealkylation sites (N-methyl/N-ethyl adjacent to an activating group) is 1. The molecule has 0 saturated heterocycles. The van der Waals surface area contributed by atoms with Gasteiger partial charge in [0.15, 0.2) is 0 Å². The van der Waals surface area contributed by atoms with E-state index in [-0.39, 0.29) is 23.4 Å². The Morgan fingerprint density at radius 1 is 1.17 bits per heavy atom. The number of amides is 1. The number of nitrogens with one attached hydrogen (secondary N) is 1. The normalized spacial score (nSPS) is 16.4. The van der Waals surface area contributed by atoms with Crippen molar-refractivity contribution in [3.05, 3.63) is 53.6 Å². The Balaban J connectivity index is 1.76. The number of fused-ring (bicyclic) bond motifs is 1. The van der Waals surface area contributed by atoms with Crippen molar-refractivity contribution in [3.8, 4) is 5.75 Å². The minimum Gasteiger partial charge on any atom is -0.495 e. The fraction of sp³-hybridized carbons (Fsp3) is 0.409. The number of anilines is 1. The second kappa shape index (κ2) is 9.16. The average Bonchev–Trinajstić information content (AvgIpc) is 2.72. The molecule has 1 amide bonds. The van der Waals surface area contributed by atoms with E-state index < -0.39 is 10.0 Å². The van der Waals surface area contributed by atoms with Crippen LogP contribution >= 0.6 is 0 Å². The molecule has 2 aromatic carbocycles. The van der Waals surface area contributed by atoms with Crippen LogP contribution in [0.15, 0.2) is 47.4 Å². The second-order valence-corrected chi connectivity index (χ2v) is 9.87. The molecule has 0 aromatic heterocycles. The summed E-state index contributed by atoms with van der Waals surface area (Å²) in [5.74, 6) is 0.185. The lowest BCUT2D eigenvalue weighted by Gasteiger charge is -2.32. The number of hydrogen-bond donors (Lipinski definition) is 1. The molecule has 1 atom stereocenters. The molecule has 1 aliphatic rings. The number of hydrogen-bond acceptors (Lipinski definition) is 5. The highest BCUT2D eigenvalue weighted by atomic mass is 32.2. The zero-order chi connectivity index (χ0) is 21.9. The van der Waals surface area contributed by atoms with Crippen LogP contribution in [0.1, 0.15) is 30.0 Å². The Morgan fingerprint density at radius 2 is 1.90 bits per heavy atom. The highest BCUT2D eigenvalue weighted by molar-refractivity contribution is 7.89. The molecule has 0 fully saturated rings. The van der Waals surface area contributed by atoms with Gasteiger partial charge in [-0.25, -0.2) is 12.7 Å². The van der Waals surface area contributed by atoms with E-state index in [9.17, 15) is 13.2 Å². The first-order chi connectivity index (χ1) is 14.2. The summed E-state index contributed by atoms with van der Waals surface area (Å²) in [6, 6.07) is 13.0. The molecule has 7 nitrogen and oxygen atoms in total. The van der Waals surface area contributed by atoms with Crippen molar-refractivity contribution in [3.63, 3.8) is 0 Å². The molecule has 30 heavy (non-hydrogen) atoms. The number of ether oxygens (including phenoxy) is 1. The minimum atomic E-state index is -3.62. The number of carbonyl (C=O) groups excluding carboxylic acids is 1. The number of carbonyl (C=O) groups is 1. The van der Waals surface area contributed by atoms with E-state index >= 15 is 0 Å². The van der Waals surface area contributed by atoms with Crippen LogP contribution in [0.25, 0.3) is 0 Å². The van der Waals surface area contributed by atoms with Gasteiger partial charge in [0.2, 0.25) is 15.9 Å². The van der Waals surface area contributed by atoms with E-state index in [1.54, 1.807) is 6.07 Å². The molecule has 0 spiro atoms. The molecule has 162 valence electrons. The maximum absolute atomic E-state index is 12.8.